The van der Waals surface area contributed by atoms with Crippen molar-refractivity contribution < 1.29 is 8.42 Å². The molecule has 0 atom stereocenters. The average molecular weight is 442 g/mol. The second-order valence-corrected chi connectivity index (χ2v) is 9.94. The summed E-state index contributed by atoms with van der Waals surface area (Å²) in [5.41, 5.74) is 5.29. The highest BCUT2D eigenvalue weighted by Crippen LogP contribution is 2.25. The van der Waals surface area contributed by atoms with Gasteiger partial charge in [-0.05, 0) is 51.7 Å². The van der Waals surface area contributed by atoms with Crippen molar-refractivity contribution in [3.8, 4) is 0 Å². The monoisotopic (exact) mass is 441 g/mol. The average Bonchev–Trinajstić information content (AvgIpc) is 3.19. The molecule has 31 heavy (non-hydrogen) atoms. The van der Waals surface area contributed by atoms with Crippen molar-refractivity contribution in [3.05, 3.63) is 70.0 Å². The first kappa shape index (κ1) is 22.8. The molecule has 1 aliphatic rings. The van der Waals surface area contributed by atoms with Crippen molar-refractivity contribution in [2.45, 2.75) is 53.0 Å². The lowest BCUT2D eigenvalue weighted by Crippen LogP contribution is -2.22. The minimum Gasteiger partial charge on any atom is -0.350 e. The molecule has 1 heterocycles. The number of aliphatic imine (C=N–C) groups is 1. The van der Waals surface area contributed by atoms with Gasteiger partial charge in [0, 0.05) is 19.7 Å². The lowest BCUT2D eigenvalue weighted by Gasteiger charge is -2.13. The van der Waals surface area contributed by atoms with E-state index in [9.17, 15) is 8.42 Å². The zero-order chi connectivity index (χ0) is 22.8. The summed E-state index contributed by atoms with van der Waals surface area (Å²) in [6.07, 6.45) is 3.54. The molecule has 1 aromatic heterocycles. The molecule has 166 valence electrons. The van der Waals surface area contributed by atoms with Crippen LogP contribution in [0, 0.1) is 13.8 Å². The highest BCUT2D eigenvalue weighted by Gasteiger charge is 2.23. The summed E-state index contributed by atoms with van der Waals surface area (Å²) in [5.74, 6) is 0.681. The molecule has 0 bridgehead atoms. The summed E-state index contributed by atoms with van der Waals surface area (Å²) in [5, 5.41) is 7.36. The number of allylic oxidation sites excluding steroid dienone is 2. The molecule has 2 N–H and O–H groups in total. The van der Waals surface area contributed by atoms with Crippen molar-refractivity contribution in [2.75, 3.05) is 4.72 Å². The first-order valence-corrected chi connectivity index (χ1v) is 11.8. The van der Waals surface area contributed by atoms with Gasteiger partial charge in [0.1, 0.15) is 0 Å². The molecule has 3 rings (SSSR count). The molecule has 1 aromatic carbocycles. The van der Waals surface area contributed by atoms with Crippen LogP contribution < -0.4 is 10.0 Å². The van der Waals surface area contributed by atoms with Gasteiger partial charge in [-0.1, -0.05) is 36.4 Å². The van der Waals surface area contributed by atoms with Gasteiger partial charge < -0.3 is 5.32 Å². The Bertz CT molecular complexity index is 1130. The third kappa shape index (κ3) is 5.44. The zero-order valence-corrected chi connectivity index (χ0v) is 19.7. The topological polar surface area (TPSA) is 88.4 Å². The molecule has 0 aliphatic heterocycles. The van der Waals surface area contributed by atoms with Crippen molar-refractivity contribution in [1.82, 2.24) is 15.1 Å². The van der Waals surface area contributed by atoms with Crippen molar-refractivity contribution in [1.29, 1.82) is 0 Å². The quantitative estimate of drug-likeness (QED) is 0.389. The van der Waals surface area contributed by atoms with Crippen LogP contribution in [0.15, 0.2) is 52.5 Å². The Morgan fingerprint density at radius 2 is 1.87 bits per heavy atom. The fourth-order valence-electron chi connectivity index (χ4n) is 3.77. The highest BCUT2D eigenvalue weighted by molar-refractivity contribution is 7.96. The molecule has 0 amide bonds. The largest absolute Gasteiger partial charge is 0.350 e. The van der Waals surface area contributed by atoms with Gasteiger partial charge >= 0.3 is 0 Å². The number of aryl methyl sites for hydroxylation is 2. The minimum atomic E-state index is -3.79. The fourth-order valence-corrected chi connectivity index (χ4v) is 5.11. The number of hydrogen-bond donors (Lipinski definition) is 2. The fraction of sp³-hybridized carbons (Fsp3) is 0.391. The number of sulfonamides is 1. The van der Waals surface area contributed by atoms with Gasteiger partial charge in [0.25, 0.3) is 10.0 Å². The Labute approximate surface area is 185 Å². The van der Waals surface area contributed by atoms with E-state index in [1.165, 1.54) is 17.3 Å². The van der Waals surface area contributed by atoms with E-state index in [1.54, 1.807) is 25.6 Å². The SMILES string of the molecule is C=C(C)C/C(=C\NC(C)=NC1Cc2ccccc2C1)S(=O)(=O)Nc1c(C)nn(C)c1C. The Balaban J connectivity index is 1.77. The molecule has 1 aliphatic carbocycles. The summed E-state index contributed by atoms with van der Waals surface area (Å²) >= 11 is 0. The Morgan fingerprint density at radius 1 is 1.26 bits per heavy atom. The van der Waals surface area contributed by atoms with E-state index >= 15 is 0 Å². The molecule has 0 spiro atoms. The molecule has 0 radical (unpaired) electrons. The molecule has 0 unspecified atom stereocenters. The summed E-state index contributed by atoms with van der Waals surface area (Å²) in [6.45, 7) is 11.1. The molecular formula is C23H31N5O2S. The number of benzene rings is 1. The van der Waals surface area contributed by atoms with Crippen LogP contribution in [-0.2, 0) is 29.9 Å². The van der Waals surface area contributed by atoms with Crippen LogP contribution in [0.25, 0.3) is 0 Å². The first-order valence-electron chi connectivity index (χ1n) is 10.3. The summed E-state index contributed by atoms with van der Waals surface area (Å²) in [6, 6.07) is 8.54. The van der Waals surface area contributed by atoms with Crippen molar-refractivity contribution in [2.24, 2.45) is 12.0 Å². The Morgan fingerprint density at radius 3 is 2.39 bits per heavy atom. The number of rotatable bonds is 7. The van der Waals surface area contributed by atoms with Gasteiger partial charge in [0.2, 0.25) is 0 Å². The first-order chi connectivity index (χ1) is 14.6. The van der Waals surface area contributed by atoms with Gasteiger partial charge in [0.05, 0.1) is 33.9 Å². The van der Waals surface area contributed by atoms with Crippen LogP contribution in [0.2, 0.25) is 0 Å². The lowest BCUT2D eigenvalue weighted by atomic mass is 10.1. The minimum absolute atomic E-state index is 0.165. The van der Waals surface area contributed by atoms with Crippen LogP contribution >= 0.6 is 0 Å². The standard InChI is InChI=1S/C23H31N5O2S/c1-15(2)11-22(31(29,30)27-23-16(3)26-28(6)17(23)4)14-24-18(5)25-21-12-19-9-7-8-10-20(19)13-21/h7-10,14,21,27H,1,11-13H2,2-6H3,(H,24,25)/b22-14+. The highest BCUT2D eigenvalue weighted by atomic mass is 32.2. The molecular weight excluding hydrogens is 410 g/mol. The van der Waals surface area contributed by atoms with Crippen molar-refractivity contribution >= 4 is 21.5 Å². The van der Waals surface area contributed by atoms with Crippen LogP contribution in [0.5, 0.6) is 0 Å². The normalized spacial score (nSPS) is 15.1. The number of hydrogen-bond acceptors (Lipinski definition) is 4. The van der Waals surface area contributed by atoms with Crippen LogP contribution in [0.4, 0.5) is 5.69 Å². The summed E-state index contributed by atoms with van der Waals surface area (Å²) in [4.78, 5) is 4.95. The van der Waals surface area contributed by atoms with Gasteiger partial charge in [-0.2, -0.15) is 5.10 Å². The molecule has 0 saturated carbocycles. The van der Waals surface area contributed by atoms with Crippen LogP contribution in [0.1, 0.15) is 42.8 Å². The number of anilines is 1. The smallest absolute Gasteiger partial charge is 0.259 e. The van der Waals surface area contributed by atoms with E-state index in [4.69, 9.17) is 4.99 Å². The maximum atomic E-state index is 13.1. The summed E-state index contributed by atoms with van der Waals surface area (Å²) in [7, 11) is -2.00. The second-order valence-electron chi connectivity index (χ2n) is 8.21. The van der Waals surface area contributed by atoms with E-state index in [2.05, 4.69) is 33.8 Å². The van der Waals surface area contributed by atoms with Crippen LogP contribution in [-0.4, -0.2) is 30.1 Å². The van der Waals surface area contributed by atoms with E-state index in [0.717, 1.165) is 24.1 Å². The van der Waals surface area contributed by atoms with Gasteiger partial charge in [-0.25, -0.2) is 8.42 Å². The second kappa shape index (κ2) is 9.09. The van der Waals surface area contributed by atoms with E-state index in [-0.39, 0.29) is 17.4 Å². The molecule has 0 fully saturated rings. The Kier molecular flexibility index (Phi) is 6.69. The molecule has 2 aromatic rings. The van der Waals surface area contributed by atoms with E-state index in [1.807, 2.05) is 26.0 Å². The maximum absolute atomic E-state index is 13.1. The van der Waals surface area contributed by atoms with Gasteiger partial charge in [-0.3, -0.25) is 14.4 Å². The summed E-state index contributed by atoms with van der Waals surface area (Å²) < 4.78 is 30.6. The third-order valence-corrected chi connectivity index (χ3v) is 6.84. The number of nitrogens with zero attached hydrogens (tertiary/aromatic N) is 3. The predicted octanol–water partition coefficient (Wildman–Crippen LogP) is 3.76. The Hall–Kier alpha value is -2.87. The lowest BCUT2D eigenvalue weighted by molar-refractivity contribution is 0.605. The number of aromatic nitrogens is 2. The van der Waals surface area contributed by atoms with Crippen LogP contribution in [0.3, 0.4) is 0 Å². The number of nitrogens with one attached hydrogen (secondary N) is 2. The van der Waals surface area contributed by atoms with E-state index < -0.39 is 10.0 Å². The molecule has 7 nitrogen and oxygen atoms in total. The van der Waals surface area contributed by atoms with E-state index in [0.29, 0.717) is 17.2 Å². The third-order valence-electron chi connectivity index (χ3n) is 5.41. The van der Waals surface area contributed by atoms with Gasteiger partial charge in [0.15, 0.2) is 0 Å². The van der Waals surface area contributed by atoms with Crippen molar-refractivity contribution in [3.63, 3.8) is 0 Å². The van der Waals surface area contributed by atoms with Gasteiger partial charge in [-0.15, -0.1) is 0 Å². The number of amidine groups is 1. The predicted molar refractivity (Wildman–Crippen MR) is 127 cm³/mol. The zero-order valence-electron chi connectivity index (χ0n) is 18.9. The number of fused-ring (bicyclic) bond motifs is 1. The maximum Gasteiger partial charge on any atom is 0.259 e. The molecule has 0 saturated heterocycles. The molecule has 8 heteroatoms.